The van der Waals surface area contributed by atoms with Gasteiger partial charge >= 0.3 is 0 Å². The Balaban J connectivity index is 2.41. The van der Waals surface area contributed by atoms with Gasteiger partial charge in [0.1, 0.15) is 5.82 Å². The lowest BCUT2D eigenvalue weighted by Gasteiger charge is -1.99. The highest BCUT2D eigenvalue weighted by Gasteiger charge is 1.97. The quantitative estimate of drug-likeness (QED) is 0.753. The number of primary amides is 1. The SMILES string of the molecule is NC(=O)CCCc1cccc(F)c1. The molecule has 70 valence electrons. The lowest BCUT2D eigenvalue weighted by molar-refractivity contribution is -0.118. The molecule has 0 unspecified atom stereocenters. The maximum atomic E-state index is 12.7. The number of hydrogen-bond acceptors (Lipinski definition) is 1. The molecule has 0 radical (unpaired) electrons. The molecular weight excluding hydrogens is 169 g/mol. The fourth-order valence-corrected chi connectivity index (χ4v) is 1.16. The summed E-state index contributed by atoms with van der Waals surface area (Å²) in [6.45, 7) is 0. The van der Waals surface area contributed by atoms with E-state index >= 15 is 0 Å². The molecule has 0 fully saturated rings. The van der Waals surface area contributed by atoms with Gasteiger partial charge in [0.15, 0.2) is 0 Å². The van der Waals surface area contributed by atoms with Gasteiger partial charge < -0.3 is 5.73 Å². The van der Waals surface area contributed by atoms with Crippen molar-refractivity contribution < 1.29 is 9.18 Å². The van der Waals surface area contributed by atoms with Gasteiger partial charge in [0.2, 0.25) is 5.91 Å². The Hall–Kier alpha value is -1.38. The first-order chi connectivity index (χ1) is 6.18. The Kier molecular flexibility index (Phi) is 3.43. The zero-order valence-corrected chi connectivity index (χ0v) is 7.29. The Morgan fingerprint density at radius 3 is 2.85 bits per heavy atom. The number of hydrogen-bond donors (Lipinski definition) is 1. The minimum Gasteiger partial charge on any atom is -0.370 e. The van der Waals surface area contributed by atoms with Crippen molar-refractivity contribution in [1.29, 1.82) is 0 Å². The average molecular weight is 181 g/mol. The van der Waals surface area contributed by atoms with Crippen molar-refractivity contribution in [2.24, 2.45) is 5.73 Å². The zero-order valence-electron chi connectivity index (χ0n) is 7.29. The third-order valence-electron chi connectivity index (χ3n) is 1.78. The smallest absolute Gasteiger partial charge is 0.217 e. The molecule has 0 aliphatic heterocycles. The van der Waals surface area contributed by atoms with Gasteiger partial charge in [0, 0.05) is 6.42 Å². The van der Waals surface area contributed by atoms with Crippen LogP contribution < -0.4 is 5.73 Å². The summed E-state index contributed by atoms with van der Waals surface area (Å²) in [7, 11) is 0. The molecule has 0 aliphatic rings. The van der Waals surface area contributed by atoms with Crippen LogP contribution in [-0.4, -0.2) is 5.91 Å². The van der Waals surface area contributed by atoms with E-state index in [-0.39, 0.29) is 11.7 Å². The molecule has 0 spiro atoms. The van der Waals surface area contributed by atoms with Crippen LogP contribution in [0.3, 0.4) is 0 Å². The van der Waals surface area contributed by atoms with Crippen molar-refractivity contribution >= 4 is 5.91 Å². The molecule has 0 saturated carbocycles. The van der Waals surface area contributed by atoms with Crippen LogP contribution in [0.1, 0.15) is 18.4 Å². The monoisotopic (exact) mass is 181 g/mol. The van der Waals surface area contributed by atoms with Gasteiger partial charge in [-0.25, -0.2) is 4.39 Å². The van der Waals surface area contributed by atoms with E-state index in [1.165, 1.54) is 12.1 Å². The van der Waals surface area contributed by atoms with Crippen LogP contribution in [0.4, 0.5) is 4.39 Å². The second-order valence-corrected chi connectivity index (χ2v) is 2.95. The van der Waals surface area contributed by atoms with E-state index in [0.717, 1.165) is 5.56 Å². The van der Waals surface area contributed by atoms with Crippen molar-refractivity contribution in [2.45, 2.75) is 19.3 Å². The molecule has 1 aromatic rings. The number of benzene rings is 1. The number of carbonyl (C=O) groups excluding carboxylic acids is 1. The second kappa shape index (κ2) is 4.60. The predicted octanol–water partition coefficient (Wildman–Crippen LogP) is 1.63. The van der Waals surface area contributed by atoms with Crippen LogP contribution in [0.15, 0.2) is 24.3 Å². The fourth-order valence-electron chi connectivity index (χ4n) is 1.16. The molecule has 0 aromatic heterocycles. The summed E-state index contributed by atoms with van der Waals surface area (Å²) in [4.78, 5) is 10.4. The summed E-state index contributed by atoms with van der Waals surface area (Å²) in [5.41, 5.74) is 5.88. The second-order valence-electron chi connectivity index (χ2n) is 2.95. The van der Waals surface area contributed by atoms with Crippen LogP contribution in [0.5, 0.6) is 0 Å². The summed E-state index contributed by atoms with van der Waals surface area (Å²) in [6.07, 6.45) is 1.73. The summed E-state index contributed by atoms with van der Waals surface area (Å²) in [6, 6.07) is 6.37. The number of nitrogens with two attached hydrogens (primary N) is 1. The van der Waals surface area contributed by atoms with E-state index < -0.39 is 0 Å². The molecule has 0 bridgehead atoms. The van der Waals surface area contributed by atoms with E-state index in [0.29, 0.717) is 19.3 Å². The number of carbonyl (C=O) groups is 1. The highest BCUT2D eigenvalue weighted by atomic mass is 19.1. The summed E-state index contributed by atoms with van der Waals surface area (Å²) in [5, 5.41) is 0. The molecule has 0 aliphatic carbocycles. The highest BCUT2D eigenvalue weighted by molar-refractivity contribution is 5.73. The van der Waals surface area contributed by atoms with Crippen LogP contribution in [0.2, 0.25) is 0 Å². The maximum absolute atomic E-state index is 12.7. The fraction of sp³-hybridized carbons (Fsp3) is 0.300. The highest BCUT2D eigenvalue weighted by Crippen LogP contribution is 2.06. The molecule has 2 N–H and O–H groups in total. The molecule has 0 heterocycles. The first kappa shape index (κ1) is 9.71. The Labute approximate surface area is 76.6 Å². The molecular formula is C10H12FNO. The first-order valence-corrected chi connectivity index (χ1v) is 4.21. The predicted molar refractivity (Wildman–Crippen MR) is 48.5 cm³/mol. The van der Waals surface area contributed by atoms with E-state index in [2.05, 4.69) is 0 Å². The maximum Gasteiger partial charge on any atom is 0.217 e. The zero-order chi connectivity index (χ0) is 9.68. The molecule has 13 heavy (non-hydrogen) atoms. The molecule has 0 atom stereocenters. The third kappa shape index (κ3) is 3.69. The minimum atomic E-state index is -0.309. The van der Waals surface area contributed by atoms with Gasteiger partial charge in [0.05, 0.1) is 0 Å². The topological polar surface area (TPSA) is 43.1 Å². The van der Waals surface area contributed by atoms with Gasteiger partial charge in [-0.05, 0) is 30.5 Å². The van der Waals surface area contributed by atoms with Gasteiger partial charge in [-0.1, -0.05) is 12.1 Å². The van der Waals surface area contributed by atoms with E-state index in [1.807, 2.05) is 6.07 Å². The molecule has 0 saturated heterocycles. The van der Waals surface area contributed by atoms with Crippen LogP contribution >= 0.6 is 0 Å². The van der Waals surface area contributed by atoms with E-state index in [9.17, 15) is 9.18 Å². The minimum absolute atomic E-state index is 0.239. The molecule has 1 rings (SSSR count). The van der Waals surface area contributed by atoms with Crippen LogP contribution in [0, 0.1) is 5.82 Å². The lowest BCUT2D eigenvalue weighted by Crippen LogP contribution is -2.10. The van der Waals surface area contributed by atoms with Gasteiger partial charge in [0.25, 0.3) is 0 Å². The molecule has 2 nitrogen and oxygen atoms in total. The van der Waals surface area contributed by atoms with Crippen molar-refractivity contribution in [2.75, 3.05) is 0 Å². The van der Waals surface area contributed by atoms with Gasteiger partial charge in [-0.15, -0.1) is 0 Å². The van der Waals surface area contributed by atoms with Crippen LogP contribution in [0.25, 0.3) is 0 Å². The van der Waals surface area contributed by atoms with Crippen LogP contribution in [-0.2, 0) is 11.2 Å². The van der Waals surface area contributed by atoms with Crippen molar-refractivity contribution in [1.82, 2.24) is 0 Å². The summed E-state index contributed by atoms with van der Waals surface area (Å²) >= 11 is 0. The van der Waals surface area contributed by atoms with E-state index in [4.69, 9.17) is 5.73 Å². The summed E-state index contributed by atoms with van der Waals surface area (Å²) in [5.74, 6) is -0.548. The normalized spacial score (nSPS) is 9.92. The van der Waals surface area contributed by atoms with E-state index in [1.54, 1.807) is 6.07 Å². The lowest BCUT2D eigenvalue weighted by atomic mass is 10.1. The number of aryl methyl sites for hydroxylation is 1. The molecule has 1 amide bonds. The Morgan fingerprint density at radius 1 is 1.46 bits per heavy atom. The average Bonchev–Trinajstić information content (AvgIpc) is 2.03. The Bertz CT molecular complexity index is 299. The molecule has 1 aromatic carbocycles. The standard InChI is InChI=1S/C10H12FNO/c11-9-5-1-3-8(7-9)4-2-6-10(12)13/h1,3,5,7H,2,4,6H2,(H2,12,13). The number of halogens is 1. The van der Waals surface area contributed by atoms with Crippen molar-refractivity contribution in [3.8, 4) is 0 Å². The van der Waals surface area contributed by atoms with Crippen molar-refractivity contribution in [3.63, 3.8) is 0 Å². The first-order valence-electron chi connectivity index (χ1n) is 4.21. The van der Waals surface area contributed by atoms with Gasteiger partial charge in [-0.2, -0.15) is 0 Å². The van der Waals surface area contributed by atoms with Gasteiger partial charge in [-0.3, -0.25) is 4.79 Å². The van der Waals surface area contributed by atoms with Crippen molar-refractivity contribution in [3.05, 3.63) is 35.6 Å². The third-order valence-corrected chi connectivity index (χ3v) is 1.78. The largest absolute Gasteiger partial charge is 0.370 e. The summed E-state index contributed by atoms with van der Waals surface area (Å²) < 4.78 is 12.7. The Morgan fingerprint density at radius 2 is 2.23 bits per heavy atom. The number of amides is 1. The number of rotatable bonds is 4. The molecule has 3 heteroatoms.